The number of carbonyl (C=O) groups is 1. The number of aryl methyl sites for hydroxylation is 1. The third-order valence-corrected chi connectivity index (χ3v) is 7.09. The molecule has 2 aromatic rings. The molecule has 2 aliphatic rings. The zero-order valence-corrected chi connectivity index (χ0v) is 17.1. The van der Waals surface area contributed by atoms with Crippen molar-refractivity contribution < 1.29 is 17.6 Å². The number of dihydropyridines is 1. The Balaban J connectivity index is 1.45. The number of hydrogen-bond donors (Lipinski definition) is 0. The van der Waals surface area contributed by atoms with Crippen LogP contribution in [0, 0.1) is 11.7 Å². The molecule has 0 aliphatic carbocycles. The lowest BCUT2D eigenvalue weighted by Crippen LogP contribution is -2.17. The minimum atomic E-state index is -3.95. The summed E-state index contributed by atoms with van der Waals surface area (Å²) in [6.07, 6.45) is 5.58. The molecule has 0 amide bonds. The van der Waals surface area contributed by atoms with Crippen LogP contribution in [-0.4, -0.2) is 32.5 Å². The Morgan fingerprint density at radius 3 is 2.67 bits per heavy atom. The highest BCUT2D eigenvalue weighted by Gasteiger charge is 2.23. The van der Waals surface area contributed by atoms with E-state index in [-0.39, 0.29) is 27.9 Å². The zero-order chi connectivity index (χ0) is 21.3. The molecule has 30 heavy (non-hydrogen) atoms. The highest BCUT2D eigenvalue weighted by Crippen LogP contribution is 2.29. The summed E-state index contributed by atoms with van der Waals surface area (Å²) < 4.78 is 39.1. The van der Waals surface area contributed by atoms with Crippen LogP contribution in [0.5, 0.6) is 0 Å². The van der Waals surface area contributed by atoms with Gasteiger partial charge in [0.25, 0.3) is 0 Å². The van der Waals surface area contributed by atoms with Crippen LogP contribution in [0.15, 0.2) is 79.1 Å². The van der Waals surface area contributed by atoms with Crippen LogP contribution in [0.25, 0.3) is 0 Å². The number of sulfone groups is 1. The van der Waals surface area contributed by atoms with Crippen LogP contribution in [0.4, 0.5) is 4.39 Å². The van der Waals surface area contributed by atoms with Gasteiger partial charge in [-0.25, -0.2) is 17.8 Å². The van der Waals surface area contributed by atoms with Gasteiger partial charge in [-0.1, -0.05) is 35.9 Å². The molecular formula is C21H15ClFN3O3S. The van der Waals surface area contributed by atoms with E-state index in [0.29, 0.717) is 17.8 Å². The van der Waals surface area contributed by atoms with Gasteiger partial charge in [-0.3, -0.25) is 4.79 Å². The summed E-state index contributed by atoms with van der Waals surface area (Å²) in [6.45, 7) is 0. The van der Waals surface area contributed by atoms with Crippen molar-refractivity contribution in [3.8, 4) is 0 Å². The van der Waals surface area contributed by atoms with Crippen molar-refractivity contribution in [1.29, 1.82) is 0 Å². The second-order valence-electron chi connectivity index (χ2n) is 6.75. The maximum Gasteiger partial charge on any atom is 0.208 e. The Kier molecular flexibility index (Phi) is 5.44. The summed E-state index contributed by atoms with van der Waals surface area (Å²) in [5.74, 6) is -0.452. The number of ketones is 1. The van der Waals surface area contributed by atoms with E-state index in [9.17, 15) is 17.6 Å². The average Bonchev–Trinajstić information content (AvgIpc) is 3.22. The van der Waals surface area contributed by atoms with E-state index in [2.05, 4.69) is 15.2 Å². The fraction of sp³-hybridized carbons (Fsp3) is 0.143. The number of Topliss-reactive ketones (excluding diaryl/α,β-unsaturated/α-hetero) is 1. The molecular weight excluding hydrogens is 429 g/mol. The first kappa shape index (κ1) is 20.3. The topological polar surface area (TPSA) is 88.3 Å². The first-order valence-electron chi connectivity index (χ1n) is 9.04. The van der Waals surface area contributed by atoms with E-state index in [0.717, 1.165) is 11.6 Å². The van der Waals surface area contributed by atoms with Gasteiger partial charge in [0, 0.05) is 24.4 Å². The van der Waals surface area contributed by atoms with Gasteiger partial charge < -0.3 is 0 Å². The molecule has 4 rings (SSSR count). The van der Waals surface area contributed by atoms with Gasteiger partial charge in [-0.15, -0.1) is 5.10 Å². The number of rotatable bonds is 6. The van der Waals surface area contributed by atoms with Crippen LogP contribution in [0.3, 0.4) is 0 Å². The summed E-state index contributed by atoms with van der Waals surface area (Å²) in [5.41, 5.74) is 1.30. The summed E-state index contributed by atoms with van der Waals surface area (Å²) in [6, 6.07) is 9.77. The van der Waals surface area contributed by atoms with Crippen molar-refractivity contribution in [2.75, 3.05) is 0 Å². The SMILES string of the molecule is O=C(CCc1ccc(S(=O)(=O)c2cccc(F)c2Cl)cc1)C1=CC2C=NN=C2N=C1. The van der Waals surface area contributed by atoms with Gasteiger partial charge in [0.1, 0.15) is 5.82 Å². The van der Waals surface area contributed by atoms with Gasteiger partial charge in [0.2, 0.25) is 9.84 Å². The number of fused-ring (bicyclic) bond motifs is 1. The second-order valence-corrected chi connectivity index (χ2v) is 9.05. The van der Waals surface area contributed by atoms with E-state index in [1.807, 2.05) is 0 Å². The first-order chi connectivity index (χ1) is 14.4. The standard InChI is InChI=1S/C21H15ClFN3O3S/c22-20-17(23)2-1-3-19(20)30(28,29)16-7-4-13(5-8-16)6-9-18(27)14-10-15-12-25-26-21(15)24-11-14/h1-5,7-8,10-12,15H,6,9H2. The van der Waals surface area contributed by atoms with E-state index in [1.165, 1.54) is 30.5 Å². The Hall–Kier alpha value is -2.97. The number of hydrogen-bond acceptors (Lipinski definition) is 6. The van der Waals surface area contributed by atoms with Crippen LogP contribution in [0.2, 0.25) is 5.02 Å². The number of aliphatic imine (C=N–C) groups is 1. The molecule has 9 heteroatoms. The molecule has 0 spiro atoms. The molecule has 6 nitrogen and oxygen atoms in total. The molecule has 2 heterocycles. The minimum Gasteiger partial charge on any atom is -0.294 e. The summed E-state index contributed by atoms with van der Waals surface area (Å²) in [7, 11) is -3.95. The molecule has 0 saturated carbocycles. The molecule has 0 aromatic heterocycles. The average molecular weight is 444 g/mol. The molecule has 0 bridgehead atoms. The molecule has 1 atom stereocenters. The van der Waals surface area contributed by atoms with Gasteiger partial charge in [0.05, 0.1) is 20.7 Å². The third kappa shape index (κ3) is 3.88. The van der Waals surface area contributed by atoms with Crippen molar-refractivity contribution in [2.45, 2.75) is 22.6 Å². The summed E-state index contributed by atoms with van der Waals surface area (Å²) >= 11 is 5.83. The van der Waals surface area contributed by atoms with E-state index in [4.69, 9.17) is 11.6 Å². The lowest BCUT2D eigenvalue weighted by atomic mass is 9.97. The number of carbonyl (C=O) groups excluding carboxylic acids is 1. The Morgan fingerprint density at radius 1 is 1.13 bits per heavy atom. The predicted molar refractivity (Wildman–Crippen MR) is 113 cm³/mol. The normalized spacial score (nSPS) is 17.5. The van der Waals surface area contributed by atoms with Crippen LogP contribution in [0.1, 0.15) is 12.0 Å². The van der Waals surface area contributed by atoms with Gasteiger partial charge in [-0.05, 0) is 36.2 Å². The molecule has 0 saturated heterocycles. The predicted octanol–water partition coefficient (Wildman–Crippen LogP) is 3.84. The lowest BCUT2D eigenvalue weighted by molar-refractivity contribution is -0.115. The maximum absolute atomic E-state index is 13.6. The largest absolute Gasteiger partial charge is 0.294 e. The Labute approximate surface area is 177 Å². The van der Waals surface area contributed by atoms with Crippen molar-refractivity contribution in [1.82, 2.24) is 0 Å². The van der Waals surface area contributed by atoms with Crippen molar-refractivity contribution in [2.24, 2.45) is 21.1 Å². The fourth-order valence-electron chi connectivity index (χ4n) is 3.12. The number of benzene rings is 2. The second kappa shape index (κ2) is 8.04. The van der Waals surface area contributed by atoms with E-state index >= 15 is 0 Å². The van der Waals surface area contributed by atoms with Crippen LogP contribution in [-0.2, 0) is 21.1 Å². The molecule has 0 radical (unpaired) electrons. The van der Waals surface area contributed by atoms with Crippen LogP contribution < -0.4 is 0 Å². The van der Waals surface area contributed by atoms with E-state index in [1.54, 1.807) is 24.4 Å². The molecule has 2 aliphatic heterocycles. The zero-order valence-electron chi connectivity index (χ0n) is 15.5. The molecule has 2 aromatic carbocycles. The van der Waals surface area contributed by atoms with Crippen molar-refractivity contribution in [3.63, 3.8) is 0 Å². The highest BCUT2D eigenvalue weighted by atomic mass is 35.5. The number of halogens is 2. The monoisotopic (exact) mass is 443 g/mol. The van der Waals surface area contributed by atoms with Crippen molar-refractivity contribution >= 4 is 45.5 Å². The Bertz CT molecular complexity index is 1250. The quantitative estimate of drug-likeness (QED) is 0.679. The van der Waals surface area contributed by atoms with Crippen LogP contribution >= 0.6 is 11.6 Å². The minimum absolute atomic E-state index is 0.000430. The molecule has 1 unspecified atom stereocenters. The summed E-state index contributed by atoms with van der Waals surface area (Å²) in [5, 5.41) is 7.21. The first-order valence-corrected chi connectivity index (χ1v) is 10.9. The van der Waals surface area contributed by atoms with Gasteiger partial charge in [-0.2, -0.15) is 5.10 Å². The smallest absolute Gasteiger partial charge is 0.208 e. The highest BCUT2D eigenvalue weighted by molar-refractivity contribution is 7.91. The van der Waals surface area contributed by atoms with Gasteiger partial charge in [0.15, 0.2) is 11.6 Å². The molecule has 0 fully saturated rings. The fourth-order valence-corrected chi connectivity index (χ4v) is 4.89. The number of allylic oxidation sites excluding steroid dienone is 1. The number of amidine groups is 1. The summed E-state index contributed by atoms with van der Waals surface area (Å²) in [4.78, 5) is 16.3. The lowest BCUT2D eigenvalue weighted by Gasteiger charge is -2.10. The third-order valence-electron chi connectivity index (χ3n) is 4.78. The molecule has 152 valence electrons. The number of nitrogens with zero attached hydrogens (tertiary/aromatic N) is 3. The maximum atomic E-state index is 13.6. The Morgan fingerprint density at radius 2 is 1.90 bits per heavy atom. The molecule has 0 N–H and O–H groups in total. The van der Waals surface area contributed by atoms with Crippen molar-refractivity contribution in [3.05, 3.63) is 70.5 Å². The van der Waals surface area contributed by atoms with E-state index < -0.39 is 20.7 Å². The van der Waals surface area contributed by atoms with Gasteiger partial charge >= 0.3 is 0 Å².